The number of hydrogen-bond donors (Lipinski definition) is 2. The molecule has 0 amide bonds. The summed E-state index contributed by atoms with van der Waals surface area (Å²) in [6.07, 6.45) is 5.59. The number of carboxylic acid groups (broad SMARTS) is 1. The van der Waals surface area contributed by atoms with Crippen molar-refractivity contribution in [1.29, 1.82) is 5.26 Å². The van der Waals surface area contributed by atoms with Gasteiger partial charge in [-0.3, -0.25) is 4.79 Å². The number of aromatic nitrogens is 1. The molecule has 1 aliphatic carbocycles. The molecule has 0 bridgehead atoms. The molecule has 18 heavy (non-hydrogen) atoms. The molecule has 0 aromatic carbocycles. The first-order valence-corrected chi connectivity index (χ1v) is 5.65. The molecule has 1 heterocycles. The molecule has 2 rings (SSSR count). The van der Waals surface area contributed by atoms with Gasteiger partial charge >= 0.3 is 5.97 Å². The number of nitrogens with one attached hydrogen (secondary N) is 1. The van der Waals surface area contributed by atoms with Gasteiger partial charge in [0.2, 0.25) is 0 Å². The second-order valence-electron chi connectivity index (χ2n) is 4.28. The Morgan fingerprint density at radius 2 is 2.39 bits per heavy atom. The Morgan fingerprint density at radius 1 is 1.61 bits per heavy atom. The molecule has 0 aliphatic heterocycles. The molecular weight excluding hydrogens is 230 g/mol. The van der Waals surface area contributed by atoms with E-state index in [0.717, 1.165) is 5.56 Å². The van der Waals surface area contributed by atoms with Crippen molar-refractivity contribution in [1.82, 2.24) is 4.98 Å². The van der Waals surface area contributed by atoms with Crippen molar-refractivity contribution in [2.24, 2.45) is 5.92 Å². The van der Waals surface area contributed by atoms with Crippen LogP contribution in [0.3, 0.4) is 0 Å². The molecule has 1 aromatic heterocycles. The van der Waals surface area contributed by atoms with Gasteiger partial charge in [0, 0.05) is 12.2 Å². The van der Waals surface area contributed by atoms with Crippen LogP contribution in [0.4, 0.5) is 5.82 Å². The zero-order valence-corrected chi connectivity index (χ0v) is 9.92. The molecule has 0 spiro atoms. The largest absolute Gasteiger partial charge is 0.481 e. The van der Waals surface area contributed by atoms with Crippen LogP contribution in [0.5, 0.6) is 0 Å². The third-order valence-corrected chi connectivity index (χ3v) is 2.99. The normalized spacial score (nSPS) is 21.6. The second-order valence-corrected chi connectivity index (χ2v) is 4.28. The van der Waals surface area contributed by atoms with Crippen LogP contribution < -0.4 is 5.32 Å². The fourth-order valence-corrected chi connectivity index (χ4v) is 1.97. The van der Waals surface area contributed by atoms with Crippen LogP contribution >= 0.6 is 0 Å². The van der Waals surface area contributed by atoms with Crippen LogP contribution in [0.1, 0.15) is 17.5 Å². The van der Waals surface area contributed by atoms with E-state index in [1.54, 1.807) is 18.3 Å². The number of nitrogens with zero attached hydrogens (tertiary/aromatic N) is 2. The Labute approximate surface area is 105 Å². The van der Waals surface area contributed by atoms with Gasteiger partial charge in [-0.2, -0.15) is 5.26 Å². The summed E-state index contributed by atoms with van der Waals surface area (Å²) in [5.41, 5.74) is 1.36. The maximum atomic E-state index is 10.8. The minimum Gasteiger partial charge on any atom is -0.481 e. The fourth-order valence-electron chi connectivity index (χ4n) is 1.97. The summed E-state index contributed by atoms with van der Waals surface area (Å²) in [6, 6.07) is 3.79. The lowest BCUT2D eigenvalue weighted by Crippen LogP contribution is -2.20. The Morgan fingerprint density at radius 3 is 3.00 bits per heavy atom. The van der Waals surface area contributed by atoms with Gasteiger partial charge in [0.1, 0.15) is 11.9 Å². The Hall–Kier alpha value is -2.35. The van der Waals surface area contributed by atoms with Gasteiger partial charge in [-0.25, -0.2) is 4.98 Å². The molecule has 1 aliphatic rings. The van der Waals surface area contributed by atoms with Gasteiger partial charge in [-0.1, -0.05) is 12.2 Å². The third-order valence-electron chi connectivity index (χ3n) is 2.99. The summed E-state index contributed by atoms with van der Waals surface area (Å²) in [4.78, 5) is 15.0. The highest BCUT2D eigenvalue weighted by molar-refractivity contribution is 5.73. The molecule has 0 fully saturated rings. The molecule has 0 saturated carbocycles. The summed E-state index contributed by atoms with van der Waals surface area (Å²) in [7, 11) is 0. The Bertz CT molecular complexity index is 546. The Balaban J connectivity index is 2.13. The smallest absolute Gasteiger partial charge is 0.310 e. The number of aliphatic carboxylic acids is 1. The van der Waals surface area contributed by atoms with Gasteiger partial charge in [0.15, 0.2) is 0 Å². The number of anilines is 1. The van der Waals surface area contributed by atoms with E-state index in [1.165, 1.54) is 0 Å². The van der Waals surface area contributed by atoms with Gasteiger partial charge in [0.25, 0.3) is 0 Å². The van der Waals surface area contributed by atoms with Crippen LogP contribution in [0, 0.1) is 24.2 Å². The van der Waals surface area contributed by atoms with E-state index in [0.29, 0.717) is 17.8 Å². The van der Waals surface area contributed by atoms with E-state index in [9.17, 15) is 4.79 Å². The third kappa shape index (κ3) is 2.33. The topological polar surface area (TPSA) is 86.0 Å². The number of hydrogen-bond acceptors (Lipinski definition) is 4. The molecule has 2 atom stereocenters. The van der Waals surface area contributed by atoms with E-state index < -0.39 is 11.9 Å². The van der Waals surface area contributed by atoms with Crippen LogP contribution in [0.2, 0.25) is 0 Å². The minimum atomic E-state index is -0.826. The monoisotopic (exact) mass is 243 g/mol. The molecule has 1 aromatic rings. The van der Waals surface area contributed by atoms with Crippen molar-refractivity contribution < 1.29 is 9.90 Å². The van der Waals surface area contributed by atoms with Crippen molar-refractivity contribution >= 4 is 11.8 Å². The average molecular weight is 243 g/mol. The minimum absolute atomic E-state index is 0.0903. The number of aryl methyl sites for hydroxylation is 1. The van der Waals surface area contributed by atoms with E-state index in [2.05, 4.69) is 16.4 Å². The zero-order chi connectivity index (χ0) is 13.1. The lowest BCUT2D eigenvalue weighted by atomic mass is 10.1. The molecule has 2 N–H and O–H groups in total. The van der Waals surface area contributed by atoms with E-state index in [1.807, 2.05) is 13.0 Å². The number of nitriles is 1. The quantitative estimate of drug-likeness (QED) is 0.789. The lowest BCUT2D eigenvalue weighted by molar-refractivity contribution is -0.140. The predicted molar refractivity (Wildman–Crippen MR) is 66.0 cm³/mol. The number of pyridine rings is 1. The first-order valence-electron chi connectivity index (χ1n) is 5.65. The van der Waals surface area contributed by atoms with Crippen molar-refractivity contribution in [3.63, 3.8) is 0 Å². The zero-order valence-electron chi connectivity index (χ0n) is 9.92. The van der Waals surface area contributed by atoms with Crippen molar-refractivity contribution in [3.8, 4) is 6.07 Å². The molecular formula is C13H13N3O2. The van der Waals surface area contributed by atoms with Crippen LogP contribution in [0.15, 0.2) is 24.4 Å². The van der Waals surface area contributed by atoms with Crippen LogP contribution in [-0.4, -0.2) is 22.1 Å². The van der Waals surface area contributed by atoms with Gasteiger partial charge in [-0.15, -0.1) is 0 Å². The summed E-state index contributed by atoms with van der Waals surface area (Å²) in [5, 5.41) is 21.1. The van der Waals surface area contributed by atoms with Crippen molar-refractivity contribution in [3.05, 3.63) is 35.5 Å². The molecule has 2 unspecified atom stereocenters. The average Bonchev–Trinajstić information content (AvgIpc) is 2.78. The van der Waals surface area contributed by atoms with E-state index >= 15 is 0 Å². The van der Waals surface area contributed by atoms with Crippen LogP contribution in [0.25, 0.3) is 0 Å². The van der Waals surface area contributed by atoms with E-state index in [4.69, 9.17) is 10.4 Å². The number of rotatable bonds is 3. The highest BCUT2D eigenvalue weighted by Gasteiger charge is 2.25. The van der Waals surface area contributed by atoms with Crippen molar-refractivity contribution in [2.75, 3.05) is 5.32 Å². The predicted octanol–water partition coefficient (Wildman–Crippen LogP) is 1.70. The molecule has 0 radical (unpaired) electrons. The molecule has 5 heteroatoms. The van der Waals surface area contributed by atoms with Gasteiger partial charge in [-0.05, 0) is 25.0 Å². The highest BCUT2D eigenvalue weighted by Crippen LogP contribution is 2.23. The first-order chi connectivity index (χ1) is 8.61. The summed E-state index contributed by atoms with van der Waals surface area (Å²) >= 11 is 0. The molecule has 0 saturated heterocycles. The maximum absolute atomic E-state index is 10.8. The SMILES string of the molecule is Cc1ccnc(NC2C=CC(C(=O)O)C2)c1C#N. The number of carbonyl (C=O) groups is 1. The fraction of sp³-hybridized carbons (Fsp3) is 0.308. The summed E-state index contributed by atoms with van der Waals surface area (Å²) in [5.74, 6) is -0.774. The summed E-state index contributed by atoms with van der Waals surface area (Å²) < 4.78 is 0. The van der Waals surface area contributed by atoms with E-state index in [-0.39, 0.29) is 6.04 Å². The van der Waals surface area contributed by atoms with Gasteiger partial charge < -0.3 is 10.4 Å². The first kappa shape index (κ1) is 12.1. The number of carboxylic acids is 1. The summed E-state index contributed by atoms with van der Waals surface area (Å²) in [6.45, 7) is 1.84. The van der Waals surface area contributed by atoms with Crippen molar-refractivity contribution in [2.45, 2.75) is 19.4 Å². The maximum Gasteiger partial charge on any atom is 0.310 e. The molecule has 92 valence electrons. The molecule has 5 nitrogen and oxygen atoms in total. The van der Waals surface area contributed by atoms with Crippen LogP contribution in [-0.2, 0) is 4.79 Å². The van der Waals surface area contributed by atoms with Gasteiger partial charge in [0.05, 0.1) is 11.5 Å². The second kappa shape index (κ2) is 4.88. The standard InChI is InChI=1S/C13H13N3O2/c1-8-4-5-15-12(11(8)7-14)16-10-3-2-9(6-10)13(17)18/h2-5,9-10H,6H2,1H3,(H,15,16)(H,17,18). The Kier molecular flexibility index (Phi) is 3.28. The highest BCUT2D eigenvalue weighted by atomic mass is 16.4. The lowest BCUT2D eigenvalue weighted by Gasteiger charge is -2.14.